The smallest absolute Gasteiger partial charge is 0.175 e. The number of hydrogen-bond donors (Lipinski definition) is 0. The van der Waals surface area contributed by atoms with Crippen molar-refractivity contribution in [3.05, 3.63) is 12.2 Å². The minimum atomic E-state index is -0.653. The molecule has 20 heavy (non-hydrogen) atoms. The highest BCUT2D eigenvalue weighted by atomic mass is 16.7. The molecule has 2 aliphatic heterocycles. The highest BCUT2D eigenvalue weighted by Gasteiger charge is 2.61. The molecule has 115 valence electrons. The van der Waals surface area contributed by atoms with Crippen LogP contribution in [0, 0.1) is 5.92 Å². The molecule has 0 aromatic heterocycles. The summed E-state index contributed by atoms with van der Waals surface area (Å²) >= 11 is 0. The van der Waals surface area contributed by atoms with Crippen LogP contribution in [0.15, 0.2) is 12.2 Å². The molecule has 4 nitrogen and oxygen atoms in total. The number of ether oxygens (including phenoxy) is 2. The zero-order chi connectivity index (χ0) is 15.0. The Balaban J connectivity index is 2.43. The number of hydroxylamine groups is 2. The molecule has 2 heterocycles. The van der Waals surface area contributed by atoms with E-state index in [2.05, 4.69) is 20.8 Å². The quantitative estimate of drug-likeness (QED) is 0.730. The molecule has 0 aromatic rings. The molecule has 0 saturated carbocycles. The third kappa shape index (κ3) is 2.23. The van der Waals surface area contributed by atoms with Gasteiger partial charge in [-0.3, -0.25) is 0 Å². The lowest BCUT2D eigenvalue weighted by Gasteiger charge is -2.60. The van der Waals surface area contributed by atoms with E-state index >= 15 is 0 Å². The van der Waals surface area contributed by atoms with E-state index in [9.17, 15) is 5.21 Å². The Morgan fingerprint density at radius 3 is 2.15 bits per heavy atom. The summed E-state index contributed by atoms with van der Waals surface area (Å²) in [6, 6.07) is 0. The van der Waals surface area contributed by atoms with Crippen LogP contribution in [0.3, 0.4) is 0 Å². The summed E-state index contributed by atoms with van der Waals surface area (Å²) in [6.45, 7) is 11.4. The van der Waals surface area contributed by atoms with Crippen LogP contribution in [0.25, 0.3) is 0 Å². The Bertz CT molecular complexity index is 374. The fourth-order valence-corrected chi connectivity index (χ4v) is 3.65. The average molecular weight is 282 g/mol. The average Bonchev–Trinajstić information content (AvgIpc) is 2.69. The molecule has 1 radical (unpaired) electrons. The monoisotopic (exact) mass is 282 g/mol. The molecule has 3 atom stereocenters. The summed E-state index contributed by atoms with van der Waals surface area (Å²) < 4.78 is 12.2. The van der Waals surface area contributed by atoms with E-state index in [1.807, 2.05) is 26.0 Å². The summed E-state index contributed by atoms with van der Waals surface area (Å²) in [6.07, 6.45) is 6.20. The highest BCUT2D eigenvalue weighted by molar-refractivity contribution is 5.08. The lowest BCUT2D eigenvalue weighted by molar-refractivity contribution is -0.388. The van der Waals surface area contributed by atoms with Crippen molar-refractivity contribution in [3.8, 4) is 0 Å². The van der Waals surface area contributed by atoms with Gasteiger partial charge in [-0.2, -0.15) is 0 Å². The van der Waals surface area contributed by atoms with Gasteiger partial charge in [-0.25, -0.2) is 0 Å². The van der Waals surface area contributed by atoms with Gasteiger partial charge in [0.1, 0.15) is 0 Å². The lowest BCUT2D eigenvalue weighted by Crippen LogP contribution is -2.71. The maximum absolute atomic E-state index is 12.9. The van der Waals surface area contributed by atoms with Crippen LogP contribution in [-0.4, -0.2) is 35.1 Å². The van der Waals surface area contributed by atoms with E-state index in [1.165, 1.54) is 5.06 Å². The second kappa shape index (κ2) is 5.41. The van der Waals surface area contributed by atoms with Gasteiger partial charge >= 0.3 is 0 Å². The maximum atomic E-state index is 12.9. The number of rotatable bonds is 2. The van der Waals surface area contributed by atoms with Crippen molar-refractivity contribution >= 4 is 0 Å². The van der Waals surface area contributed by atoms with Gasteiger partial charge in [0.15, 0.2) is 5.79 Å². The van der Waals surface area contributed by atoms with Crippen molar-refractivity contribution in [3.63, 3.8) is 0 Å². The van der Waals surface area contributed by atoms with Gasteiger partial charge in [0, 0.05) is 12.3 Å². The molecule has 1 fully saturated rings. The van der Waals surface area contributed by atoms with Crippen LogP contribution in [0.5, 0.6) is 0 Å². The van der Waals surface area contributed by atoms with Crippen LogP contribution >= 0.6 is 0 Å². The number of nitrogens with zero attached hydrogens (tertiary/aromatic N) is 1. The molecule has 0 aromatic carbocycles. The first-order valence-electron chi connectivity index (χ1n) is 7.75. The largest absolute Gasteiger partial charge is 0.345 e. The first kappa shape index (κ1) is 16.0. The normalized spacial score (nSPS) is 41.8. The van der Waals surface area contributed by atoms with Gasteiger partial charge in [0.05, 0.1) is 24.3 Å². The third-order valence-electron chi connectivity index (χ3n) is 5.67. The second-order valence-corrected chi connectivity index (χ2v) is 6.66. The summed E-state index contributed by atoms with van der Waals surface area (Å²) in [7, 11) is 0. The van der Waals surface area contributed by atoms with Gasteiger partial charge in [-0.15, -0.1) is 10.3 Å². The van der Waals surface area contributed by atoms with E-state index in [1.54, 1.807) is 0 Å². The topological polar surface area (TPSA) is 41.6 Å². The molecule has 0 N–H and O–H groups in total. The van der Waals surface area contributed by atoms with Crippen molar-refractivity contribution in [2.24, 2.45) is 5.92 Å². The van der Waals surface area contributed by atoms with E-state index in [0.29, 0.717) is 19.6 Å². The van der Waals surface area contributed by atoms with Crippen LogP contribution < -0.4 is 0 Å². The zero-order valence-electron chi connectivity index (χ0n) is 13.4. The Morgan fingerprint density at radius 2 is 1.70 bits per heavy atom. The molecular formula is C16H28NO3. The van der Waals surface area contributed by atoms with E-state index in [0.717, 1.165) is 12.8 Å². The molecule has 1 saturated heterocycles. The molecular weight excluding hydrogens is 254 g/mol. The van der Waals surface area contributed by atoms with Gasteiger partial charge in [0.2, 0.25) is 0 Å². The minimum Gasteiger partial charge on any atom is -0.345 e. The highest BCUT2D eigenvalue weighted by Crippen LogP contribution is 2.51. The van der Waals surface area contributed by atoms with Crippen molar-refractivity contribution in [2.45, 2.75) is 70.7 Å². The van der Waals surface area contributed by atoms with Crippen LogP contribution in [0.1, 0.15) is 53.9 Å². The molecule has 0 amide bonds. The molecule has 2 rings (SSSR count). The van der Waals surface area contributed by atoms with Crippen molar-refractivity contribution in [1.29, 1.82) is 0 Å². The zero-order valence-corrected chi connectivity index (χ0v) is 13.4. The van der Waals surface area contributed by atoms with E-state index < -0.39 is 16.9 Å². The Morgan fingerprint density at radius 1 is 1.15 bits per heavy atom. The summed E-state index contributed by atoms with van der Waals surface area (Å²) in [5, 5.41) is 14.3. The van der Waals surface area contributed by atoms with Crippen molar-refractivity contribution < 1.29 is 14.7 Å². The van der Waals surface area contributed by atoms with E-state index in [-0.39, 0.29) is 5.92 Å². The van der Waals surface area contributed by atoms with E-state index in [4.69, 9.17) is 9.47 Å². The van der Waals surface area contributed by atoms with Gasteiger partial charge in [-0.1, -0.05) is 32.9 Å². The minimum absolute atomic E-state index is 0.0250. The van der Waals surface area contributed by atoms with Crippen molar-refractivity contribution in [2.75, 3.05) is 13.2 Å². The molecule has 1 spiro atoms. The number of hydrogen-bond acceptors (Lipinski definition) is 3. The molecule has 0 bridgehead atoms. The third-order valence-corrected chi connectivity index (χ3v) is 5.67. The first-order chi connectivity index (χ1) is 9.34. The maximum Gasteiger partial charge on any atom is 0.175 e. The molecule has 4 heteroatoms. The molecule has 0 aliphatic carbocycles. The first-order valence-corrected chi connectivity index (χ1v) is 7.75. The second-order valence-electron chi connectivity index (χ2n) is 6.66. The Hall–Kier alpha value is -0.420. The fourth-order valence-electron chi connectivity index (χ4n) is 3.65. The standard InChI is InChI=1S/C16H28NO3/c1-6-14(4)12-16(19-10-8-9-11-20-16)13(3)15(5,7-2)17(14)18/h8-9,13H,6-7,10-12H2,1-5H3. The SMILES string of the molecule is CCC1(C)CC2(OCC=CCO2)C(C)C(C)(CC)N1[O]. The van der Waals surface area contributed by atoms with Crippen LogP contribution in [-0.2, 0) is 14.7 Å². The van der Waals surface area contributed by atoms with Gasteiger partial charge in [0.25, 0.3) is 0 Å². The lowest BCUT2D eigenvalue weighted by atomic mass is 9.67. The van der Waals surface area contributed by atoms with Crippen LogP contribution in [0.2, 0.25) is 0 Å². The number of piperidine rings is 1. The van der Waals surface area contributed by atoms with Gasteiger partial charge < -0.3 is 9.47 Å². The van der Waals surface area contributed by atoms with Crippen LogP contribution in [0.4, 0.5) is 0 Å². The Kier molecular flexibility index (Phi) is 4.32. The Labute approximate surface area is 122 Å². The molecule has 2 aliphatic rings. The summed E-state index contributed by atoms with van der Waals surface area (Å²) in [5.74, 6) is -0.628. The summed E-state index contributed by atoms with van der Waals surface area (Å²) in [4.78, 5) is 0. The summed E-state index contributed by atoms with van der Waals surface area (Å²) in [5.41, 5.74) is -0.908. The predicted octanol–water partition coefficient (Wildman–Crippen LogP) is 3.31. The van der Waals surface area contributed by atoms with Gasteiger partial charge in [-0.05, 0) is 26.7 Å². The van der Waals surface area contributed by atoms with Crippen molar-refractivity contribution in [1.82, 2.24) is 5.06 Å². The fraction of sp³-hybridized carbons (Fsp3) is 0.875. The predicted molar refractivity (Wildman–Crippen MR) is 77.5 cm³/mol. The molecule has 3 unspecified atom stereocenters.